The van der Waals surface area contributed by atoms with E-state index < -0.39 is 54.5 Å². The van der Waals surface area contributed by atoms with E-state index in [-0.39, 0.29) is 0 Å². The minimum Gasteiger partial charge on any atom is -0.454 e. The molecule has 10 nitrogen and oxygen atoms in total. The molecule has 1 aliphatic carbocycles. The first kappa shape index (κ1) is 19.1. The summed E-state index contributed by atoms with van der Waals surface area (Å²) >= 11 is 0. The fourth-order valence-electron chi connectivity index (χ4n) is 4.06. The number of nitrogens with two attached hydrogens (primary N) is 1. The summed E-state index contributed by atoms with van der Waals surface area (Å²) in [4.78, 5) is 62.5. The number of piperidine rings is 1. The van der Waals surface area contributed by atoms with Gasteiger partial charge in [0, 0.05) is 6.54 Å². The molecule has 2 saturated heterocycles. The number of ether oxygens (including phenoxy) is 1. The van der Waals surface area contributed by atoms with Crippen molar-refractivity contribution in [1.29, 1.82) is 0 Å². The third-order valence-electron chi connectivity index (χ3n) is 5.50. The Kier molecular flexibility index (Phi) is 5.33. The van der Waals surface area contributed by atoms with E-state index in [0.717, 1.165) is 30.6 Å². The van der Waals surface area contributed by atoms with Crippen LogP contribution in [0, 0.1) is 0 Å². The van der Waals surface area contributed by atoms with E-state index in [1.165, 1.54) is 4.90 Å². The molecule has 3 N–H and O–H groups in total. The number of nitrogens with one attached hydrogen (secondary N) is 1. The van der Waals surface area contributed by atoms with E-state index in [0.29, 0.717) is 25.8 Å². The molecule has 2 aliphatic heterocycles. The Labute approximate surface area is 156 Å². The number of urea groups is 1. The number of imide groups is 1. The zero-order valence-corrected chi connectivity index (χ0v) is 15.1. The molecule has 0 aromatic heterocycles. The van der Waals surface area contributed by atoms with Crippen LogP contribution in [-0.2, 0) is 23.9 Å². The number of rotatable bonds is 5. The van der Waals surface area contributed by atoms with Crippen molar-refractivity contribution in [3.8, 4) is 0 Å². The van der Waals surface area contributed by atoms with Crippen LogP contribution in [0.25, 0.3) is 0 Å². The number of carbonyl (C=O) groups is 5. The average Bonchev–Trinajstić information content (AvgIpc) is 3.20. The van der Waals surface area contributed by atoms with Crippen LogP contribution < -0.4 is 11.1 Å². The molecule has 0 aromatic rings. The van der Waals surface area contributed by atoms with Crippen molar-refractivity contribution < 1.29 is 28.7 Å². The molecular weight excluding hydrogens is 356 g/mol. The molecule has 1 saturated carbocycles. The van der Waals surface area contributed by atoms with Crippen molar-refractivity contribution in [3.63, 3.8) is 0 Å². The lowest BCUT2D eigenvalue weighted by Crippen LogP contribution is -2.51. The van der Waals surface area contributed by atoms with Gasteiger partial charge in [0.25, 0.3) is 11.8 Å². The van der Waals surface area contributed by atoms with Gasteiger partial charge in [-0.3, -0.25) is 24.1 Å². The first-order chi connectivity index (χ1) is 12.8. The minimum atomic E-state index is -0.893. The average molecular weight is 380 g/mol. The lowest BCUT2D eigenvalue weighted by atomic mass is 9.98. The number of primary amides is 1. The number of amides is 5. The Morgan fingerprint density at radius 3 is 2.52 bits per heavy atom. The Bertz CT molecular complexity index is 672. The third-order valence-corrected chi connectivity index (χ3v) is 5.50. The van der Waals surface area contributed by atoms with Crippen molar-refractivity contribution in [2.75, 3.05) is 19.7 Å². The number of carbonyl (C=O) groups excluding carboxylic acids is 5. The molecule has 0 radical (unpaired) electrons. The summed E-state index contributed by atoms with van der Waals surface area (Å²) in [6, 6.07) is -1.31. The summed E-state index contributed by atoms with van der Waals surface area (Å²) in [6.07, 6.45) is 4.83. The van der Waals surface area contributed by atoms with Gasteiger partial charge in [-0.15, -0.1) is 0 Å². The summed E-state index contributed by atoms with van der Waals surface area (Å²) in [5, 5.41) is 2.67. The van der Waals surface area contributed by atoms with Crippen LogP contribution >= 0.6 is 0 Å². The Morgan fingerprint density at radius 1 is 1.15 bits per heavy atom. The van der Waals surface area contributed by atoms with Gasteiger partial charge >= 0.3 is 12.0 Å². The van der Waals surface area contributed by atoms with Gasteiger partial charge in [0.2, 0.25) is 5.91 Å². The lowest BCUT2D eigenvalue weighted by molar-refractivity contribution is -0.156. The molecule has 10 heteroatoms. The van der Waals surface area contributed by atoms with Crippen molar-refractivity contribution in [1.82, 2.24) is 15.1 Å². The highest BCUT2D eigenvalue weighted by atomic mass is 16.5. The maximum Gasteiger partial charge on any atom is 0.326 e. The molecule has 3 aliphatic rings. The Morgan fingerprint density at radius 2 is 1.85 bits per heavy atom. The van der Waals surface area contributed by atoms with Crippen molar-refractivity contribution in [2.45, 2.75) is 56.5 Å². The molecular formula is C17H24N4O6. The van der Waals surface area contributed by atoms with E-state index in [9.17, 15) is 24.0 Å². The van der Waals surface area contributed by atoms with Crippen molar-refractivity contribution in [2.24, 2.45) is 5.73 Å². The molecule has 3 fully saturated rings. The Balaban J connectivity index is 1.52. The molecule has 27 heavy (non-hydrogen) atoms. The van der Waals surface area contributed by atoms with E-state index in [2.05, 4.69) is 5.32 Å². The number of likely N-dealkylation sites (tertiary alicyclic amines) is 1. The van der Waals surface area contributed by atoms with Gasteiger partial charge in [-0.05, 0) is 32.1 Å². The van der Waals surface area contributed by atoms with E-state index in [1.807, 2.05) is 0 Å². The summed E-state index contributed by atoms with van der Waals surface area (Å²) in [5.74, 6) is -2.38. The largest absolute Gasteiger partial charge is 0.454 e. The van der Waals surface area contributed by atoms with Crippen LogP contribution in [0.15, 0.2) is 0 Å². The SMILES string of the molecule is NC(=O)[C@H]1CCCCN1C(=O)COC(=O)CN1C(=O)NC2(CCCC2)C1=O. The molecule has 0 aromatic carbocycles. The van der Waals surface area contributed by atoms with Gasteiger partial charge in [-0.2, -0.15) is 0 Å². The van der Waals surface area contributed by atoms with Gasteiger partial charge in [-0.1, -0.05) is 12.8 Å². The zero-order valence-electron chi connectivity index (χ0n) is 15.1. The number of hydrogen-bond acceptors (Lipinski definition) is 6. The smallest absolute Gasteiger partial charge is 0.326 e. The number of nitrogens with zero attached hydrogens (tertiary/aromatic N) is 2. The summed E-state index contributed by atoms with van der Waals surface area (Å²) < 4.78 is 4.94. The molecule has 0 unspecified atom stereocenters. The van der Waals surface area contributed by atoms with Gasteiger partial charge in [-0.25, -0.2) is 4.79 Å². The predicted molar refractivity (Wildman–Crippen MR) is 90.9 cm³/mol. The van der Waals surface area contributed by atoms with Gasteiger partial charge in [0.05, 0.1) is 0 Å². The minimum absolute atomic E-state index is 0.375. The highest BCUT2D eigenvalue weighted by molar-refractivity contribution is 6.08. The third kappa shape index (κ3) is 3.74. The first-order valence-electron chi connectivity index (χ1n) is 9.22. The molecule has 2 heterocycles. The van der Waals surface area contributed by atoms with Crippen LogP contribution in [0.4, 0.5) is 4.79 Å². The highest BCUT2D eigenvalue weighted by Crippen LogP contribution is 2.34. The fourth-order valence-corrected chi connectivity index (χ4v) is 4.06. The lowest BCUT2D eigenvalue weighted by Gasteiger charge is -2.33. The maximum absolute atomic E-state index is 12.5. The fraction of sp³-hybridized carbons (Fsp3) is 0.706. The standard InChI is InChI=1S/C17H24N4O6/c18-14(24)11-5-1-4-8-20(11)12(22)10-27-13(23)9-21-15(25)17(19-16(21)26)6-2-3-7-17/h11H,1-10H2,(H2,18,24)(H,19,26)/t11-/m1/s1. The molecule has 3 rings (SSSR count). The Hall–Kier alpha value is -2.65. The number of hydrogen-bond donors (Lipinski definition) is 2. The van der Waals surface area contributed by atoms with Crippen LogP contribution in [0.1, 0.15) is 44.9 Å². The quantitative estimate of drug-likeness (QED) is 0.476. The molecule has 1 atom stereocenters. The molecule has 1 spiro atoms. The molecule has 148 valence electrons. The first-order valence-corrected chi connectivity index (χ1v) is 9.22. The zero-order chi connectivity index (χ0) is 19.6. The topological polar surface area (TPSA) is 139 Å². The van der Waals surface area contributed by atoms with Crippen molar-refractivity contribution >= 4 is 29.7 Å². The normalized spacial score (nSPS) is 24.2. The summed E-state index contributed by atoms with van der Waals surface area (Å²) in [7, 11) is 0. The van der Waals surface area contributed by atoms with Crippen molar-refractivity contribution in [3.05, 3.63) is 0 Å². The summed E-state index contributed by atoms with van der Waals surface area (Å²) in [6.45, 7) is -0.726. The van der Waals surface area contributed by atoms with Gasteiger partial charge < -0.3 is 20.7 Å². The van der Waals surface area contributed by atoms with Crippen LogP contribution in [0.3, 0.4) is 0 Å². The second-order valence-corrected chi connectivity index (χ2v) is 7.27. The van der Waals surface area contributed by atoms with E-state index >= 15 is 0 Å². The second-order valence-electron chi connectivity index (χ2n) is 7.27. The summed E-state index contributed by atoms with van der Waals surface area (Å²) in [5.41, 5.74) is 4.43. The highest BCUT2D eigenvalue weighted by Gasteiger charge is 2.52. The van der Waals surface area contributed by atoms with Crippen LogP contribution in [-0.4, -0.2) is 70.8 Å². The monoisotopic (exact) mass is 380 g/mol. The van der Waals surface area contributed by atoms with Gasteiger partial charge in [0.1, 0.15) is 18.1 Å². The van der Waals surface area contributed by atoms with Crippen LogP contribution in [0.2, 0.25) is 0 Å². The van der Waals surface area contributed by atoms with Gasteiger partial charge in [0.15, 0.2) is 6.61 Å². The second kappa shape index (κ2) is 7.53. The predicted octanol–water partition coefficient (Wildman–Crippen LogP) is -0.739. The number of esters is 1. The van der Waals surface area contributed by atoms with E-state index in [4.69, 9.17) is 10.5 Å². The maximum atomic E-state index is 12.5. The molecule has 0 bridgehead atoms. The van der Waals surface area contributed by atoms with Crippen LogP contribution in [0.5, 0.6) is 0 Å². The van der Waals surface area contributed by atoms with E-state index in [1.54, 1.807) is 0 Å². The molecule has 5 amide bonds.